The van der Waals surface area contributed by atoms with Gasteiger partial charge in [0.2, 0.25) is 0 Å². The summed E-state index contributed by atoms with van der Waals surface area (Å²) in [7, 11) is 0. The minimum absolute atomic E-state index is 0.932. The molecule has 0 amide bonds. The zero-order valence-electron chi connectivity index (χ0n) is 11.9. The summed E-state index contributed by atoms with van der Waals surface area (Å²) in [4.78, 5) is 2.57. The molecule has 106 valence electrons. The number of benzene rings is 2. The highest BCUT2D eigenvalue weighted by Crippen LogP contribution is 2.35. The Kier molecular flexibility index (Phi) is 6.14. The largest absolute Gasteiger partial charge is 0.313 e. The number of halogens is 1. The maximum Gasteiger partial charge on any atom is 0.0318 e. The molecule has 20 heavy (non-hydrogen) atoms. The maximum atomic E-state index is 3.69. The highest BCUT2D eigenvalue weighted by molar-refractivity contribution is 9.10. The second-order valence-corrected chi connectivity index (χ2v) is 6.75. The van der Waals surface area contributed by atoms with E-state index in [2.05, 4.69) is 77.6 Å². The Morgan fingerprint density at radius 3 is 2.60 bits per heavy atom. The monoisotopic (exact) mass is 349 g/mol. The van der Waals surface area contributed by atoms with Gasteiger partial charge in [-0.15, -0.1) is 0 Å². The van der Waals surface area contributed by atoms with Gasteiger partial charge in [-0.1, -0.05) is 43.0 Å². The topological polar surface area (TPSA) is 12.0 Å². The molecule has 0 aliphatic rings. The molecule has 0 unspecified atom stereocenters. The molecule has 1 nitrogen and oxygen atoms in total. The molecule has 3 heteroatoms. The lowest BCUT2D eigenvalue weighted by atomic mass is 10.2. The minimum atomic E-state index is 0.932. The molecule has 2 aromatic rings. The van der Waals surface area contributed by atoms with Crippen LogP contribution in [0.1, 0.15) is 24.5 Å². The molecular weight excluding hydrogens is 330 g/mol. The van der Waals surface area contributed by atoms with Gasteiger partial charge in [0.15, 0.2) is 0 Å². The lowest BCUT2D eigenvalue weighted by Crippen LogP contribution is -2.13. The van der Waals surface area contributed by atoms with Crippen molar-refractivity contribution in [3.63, 3.8) is 0 Å². The van der Waals surface area contributed by atoms with E-state index in [0.29, 0.717) is 0 Å². The predicted octanol–water partition coefficient (Wildman–Crippen LogP) is 5.41. The molecule has 0 radical (unpaired) electrons. The molecule has 0 spiro atoms. The van der Waals surface area contributed by atoms with Crippen molar-refractivity contribution in [2.45, 2.75) is 36.6 Å². The van der Waals surface area contributed by atoms with E-state index < -0.39 is 0 Å². The van der Waals surface area contributed by atoms with Gasteiger partial charge in [0.05, 0.1) is 0 Å². The summed E-state index contributed by atoms with van der Waals surface area (Å²) in [5.74, 6) is 0. The minimum Gasteiger partial charge on any atom is -0.313 e. The first-order chi connectivity index (χ1) is 9.70. The van der Waals surface area contributed by atoms with E-state index in [1.807, 2.05) is 11.8 Å². The molecule has 2 aromatic carbocycles. The standard InChI is InChI=1S/C17H20BrNS/c1-3-10-19-12-14-8-9-17(15(18)11-14)20-16-7-5-4-6-13(16)2/h4-9,11,19H,3,10,12H2,1-2H3. The Morgan fingerprint density at radius 1 is 1.10 bits per heavy atom. The fourth-order valence-corrected chi connectivity index (χ4v) is 3.51. The van der Waals surface area contributed by atoms with E-state index >= 15 is 0 Å². The van der Waals surface area contributed by atoms with Crippen LogP contribution in [0.3, 0.4) is 0 Å². The second kappa shape index (κ2) is 7.87. The zero-order chi connectivity index (χ0) is 14.4. The van der Waals surface area contributed by atoms with Crippen LogP contribution >= 0.6 is 27.7 Å². The van der Waals surface area contributed by atoms with Crippen LogP contribution in [-0.4, -0.2) is 6.54 Å². The van der Waals surface area contributed by atoms with Crippen molar-refractivity contribution in [3.05, 3.63) is 58.1 Å². The third-order valence-corrected chi connectivity index (χ3v) is 5.24. The van der Waals surface area contributed by atoms with Gasteiger partial charge in [0.25, 0.3) is 0 Å². The van der Waals surface area contributed by atoms with E-state index in [9.17, 15) is 0 Å². The van der Waals surface area contributed by atoms with Crippen LogP contribution in [-0.2, 0) is 6.54 Å². The smallest absolute Gasteiger partial charge is 0.0318 e. The molecule has 0 aromatic heterocycles. The van der Waals surface area contributed by atoms with Gasteiger partial charge in [-0.2, -0.15) is 0 Å². The van der Waals surface area contributed by atoms with Crippen molar-refractivity contribution in [1.82, 2.24) is 5.32 Å². The number of hydrogen-bond donors (Lipinski definition) is 1. The summed E-state index contributed by atoms with van der Waals surface area (Å²) >= 11 is 5.50. The Hall–Kier alpha value is -0.770. The van der Waals surface area contributed by atoms with Gasteiger partial charge in [0.1, 0.15) is 0 Å². The summed E-state index contributed by atoms with van der Waals surface area (Å²) in [6.07, 6.45) is 1.17. The van der Waals surface area contributed by atoms with Gasteiger partial charge >= 0.3 is 0 Å². The fraction of sp³-hybridized carbons (Fsp3) is 0.294. The van der Waals surface area contributed by atoms with Crippen LogP contribution in [0.15, 0.2) is 56.7 Å². The molecule has 0 atom stereocenters. The van der Waals surface area contributed by atoms with E-state index in [-0.39, 0.29) is 0 Å². The zero-order valence-corrected chi connectivity index (χ0v) is 14.4. The van der Waals surface area contributed by atoms with Gasteiger partial charge in [-0.3, -0.25) is 0 Å². The van der Waals surface area contributed by atoms with Crippen LogP contribution < -0.4 is 5.32 Å². The third-order valence-electron chi connectivity index (χ3n) is 3.07. The lowest BCUT2D eigenvalue weighted by molar-refractivity contribution is 0.675. The first-order valence-electron chi connectivity index (χ1n) is 6.93. The lowest BCUT2D eigenvalue weighted by Gasteiger charge is -2.09. The van der Waals surface area contributed by atoms with Crippen LogP contribution in [0.25, 0.3) is 0 Å². The molecule has 1 N–H and O–H groups in total. The quantitative estimate of drug-likeness (QED) is 0.699. The fourth-order valence-electron chi connectivity index (χ4n) is 1.94. The molecular formula is C17H20BrNS. The summed E-state index contributed by atoms with van der Waals surface area (Å²) in [6, 6.07) is 15.1. The van der Waals surface area contributed by atoms with Crippen LogP contribution in [0.4, 0.5) is 0 Å². The van der Waals surface area contributed by atoms with Crippen molar-refractivity contribution in [2.75, 3.05) is 6.54 Å². The summed E-state index contributed by atoms with van der Waals surface area (Å²) in [5.41, 5.74) is 2.64. The van der Waals surface area contributed by atoms with Gasteiger partial charge < -0.3 is 5.32 Å². The van der Waals surface area contributed by atoms with E-state index in [1.165, 1.54) is 31.8 Å². The predicted molar refractivity (Wildman–Crippen MR) is 91.4 cm³/mol. The molecule has 0 saturated carbocycles. The number of aryl methyl sites for hydroxylation is 1. The molecule has 0 saturated heterocycles. The van der Waals surface area contributed by atoms with Crippen molar-refractivity contribution in [2.24, 2.45) is 0 Å². The van der Waals surface area contributed by atoms with Crippen molar-refractivity contribution in [3.8, 4) is 0 Å². The number of hydrogen-bond acceptors (Lipinski definition) is 2. The highest BCUT2D eigenvalue weighted by Gasteiger charge is 2.05. The third kappa shape index (κ3) is 4.37. The Balaban J connectivity index is 2.08. The van der Waals surface area contributed by atoms with Crippen molar-refractivity contribution in [1.29, 1.82) is 0 Å². The Labute approximate surface area is 134 Å². The first kappa shape index (κ1) is 15.6. The average molecular weight is 350 g/mol. The van der Waals surface area contributed by atoms with Gasteiger partial charge in [-0.25, -0.2) is 0 Å². The first-order valence-corrected chi connectivity index (χ1v) is 8.54. The van der Waals surface area contributed by atoms with Crippen LogP contribution in [0, 0.1) is 6.92 Å². The number of rotatable bonds is 6. The summed E-state index contributed by atoms with van der Waals surface area (Å²) < 4.78 is 1.17. The SMILES string of the molecule is CCCNCc1ccc(Sc2ccccc2C)c(Br)c1. The average Bonchev–Trinajstić information content (AvgIpc) is 2.44. The molecule has 2 rings (SSSR count). The van der Waals surface area contributed by atoms with Gasteiger partial charge in [0, 0.05) is 20.8 Å². The van der Waals surface area contributed by atoms with Gasteiger partial charge in [-0.05, 0) is 65.1 Å². The van der Waals surface area contributed by atoms with Crippen LogP contribution in [0.5, 0.6) is 0 Å². The second-order valence-electron chi connectivity index (χ2n) is 4.81. The molecule has 0 aliphatic carbocycles. The van der Waals surface area contributed by atoms with Crippen LogP contribution in [0.2, 0.25) is 0 Å². The van der Waals surface area contributed by atoms with E-state index in [4.69, 9.17) is 0 Å². The molecule has 0 aliphatic heterocycles. The molecule has 0 heterocycles. The van der Waals surface area contributed by atoms with Crippen molar-refractivity contribution >= 4 is 27.7 Å². The Bertz CT molecular complexity index is 569. The molecule has 0 fully saturated rings. The summed E-state index contributed by atoms with van der Waals surface area (Å²) in [6.45, 7) is 6.34. The molecule has 0 bridgehead atoms. The Morgan fingerprint density at radius 2 is 1.90 bits per heavy atom. The van der Waals surface area contributed by atoms with E-state index in [1.54, 1.807) is 0 Å². The summed E-state index contributed by atoms with van der Waals surface area (Å²) in [5, 5.41) is 3.43. The van der Waals surface area contributed by atoms with E-state index in [0.717, 1.165) is 13.1 Å². The van der Waals surface area contributed by atoms with Crippen molar-refractivity contribution < 1.29 is 0 Å². The number of nitrogens with one attached hydrogen (secondary N) is 1. The maximum absolute atomic E-state index is 3.69. The normalized spacial score (nSPS) is 10.8. The highest BCUT2D eigenvalue weighted by atomic mass is 79.9.